The molecule has 1 N–H and O–H groups in total. The number of carbonyl (C=O) groups is 1. The highest BCUT2D eigenvalue weighted by atomic mass is 16.5. The molecule has 0 radical (unpaired) electrons. The van der Waals surface area contributed by atoms with E-state index in [0.29, 0.717) is 31.1 Å². The molecule has 5 nitrogen and oxygen atoms in total. The van der Waals surface area contributed by atoms with E-state index >= 15 is 0 Å². The highest BCUT2D eigenvalue weighted by Gasteiger charge is 2.41. The summed E-state index contributed by atoms with van der Waals surface area (Å²) in [6.45, 7) is 1.08. The lowest BCUT2D eigenvalue weighted by Crippen LogP contribution is -2.47. The van der Waals surface area contributed by atoms with Crippen molar-refractivity contribution in [3.63, 3.8) is 0 Å². The molecule has 1 aromatic rings. The van der Waals surface area contributed by atoms with Gasteiger partial charge in [0, 0.05) is 17.9 Å². The number of ether oxygens (including phenoxy) is 3. The molecule has 1 fully saturated rings. The molecule has 1 aromatic carbocycles. The molecule has 0 saturated carbocycles. The third-order valence-corrected chi connectivity index (χ3v) is 3.54. The van der Waals surface area contributed by atoms with Crippen molar-refractivity contribution in [1.82, 2.24) is 0 Å². The molecule has 0 amide bonds. The largest absolute Gasteiger partial charge is 0.497 e. The first-order valence-electron chi connectivity index (χ1n) is 6.13. The van der Waals surface area contributed by atoms with Crippen LogP contribution in [0, 0.1) is 0 Å². The van der Waals surface area contributed by atoms with Crippen LogP contribution in [0.1, 0.15) is 18.4 Å². The fourth-order valence-corrected chi connectivity index (χ4v) is 2.26. The Labute approximate surface area is 112 Å². The number of hydrogen-bond acceptors (Lipinski definition) is 4. The molecule has 1 saturated heterocycles. The normalized spacial score (nSPS) is 16.5. The van der Waals surface area contributed by atoms with Crippen molar-refractivity contribution in [1.29, 1.82) is 0 Å². The summed E-state index contributed by atoms with van der Waals surface area (Å²) in [5, 5.41) is 8.85. The van der Waals surface area contributed by atoms with Crippen LogP contribution >= 0.6 is 0 Å². The van der Waals surface area contributed by atoms with E-state index in [1.54, 1.807) is 20.3 Å². The third kappa shape index (κ3) is 2.81. The van der Waals surface area contributed by atoms with Gasteiger partial charge in [0.25, 0.3) is 0 Å². The van der Waals surface area contributed by atoms with Crippen LogP contribution in [0.15, 0.2) is 18.2 Å². The van der Waals surface area contributed by atoms with Gasteiger partial charge >= 0.3 is 5.97 Å². The van der Waals surface area contributed by atoms with E-state index in [4.69, 9.17) is 19.3 Å². The van der Waals surface area contributed by atoms with Gasteiger partial charge in [0.15, 0.2) is 0 Å². The lowest BCUT2D eigenvalue weighted by atomic mass is 9.75. The van der Waals surface area contributed by atoms with Crippen molar-refractivity contribution >= 4 is 5.97 Å². The van der Waals surface area contributed by atoms with Crippen molar-refractivity contribution in [3.8, 4) is 11.5 Å². The quantitative estimate of drug-likeness (QED) is 0.851. The van der Waals surface area contributed by atoms with Crippen LogP contribution in [0.2, 0.25) is 0 Å². The monoisotopic (exact) mass is 266 g/mol. The summed E-state index contributed by atoms with van der Waals surface area (Å²) >= 11 is 0. The molecule has 2 rings (SSSR count). The van der Waals surface area contributed by atoms with Crippen molar-refractivity contribution in [2.24, 2.45) is 0 Å². The summed E-state index contributed by atoms with van der Waals surface area (Å²) in [5.41, 5.74) is 0.774. The number of aliphatic carboxylic acids is 1. The second-order valence-electron chi connectivity index (χ2n) is 4.77. The maximum absolute atomic E-state index is 10.8. The third-order valence-electron chi connectivity index (χ3n) is 3.54. The van der Waals surface area contributed by atoms with Gasteiger partial charge in [0.05, 0.1) is 27.4 Å². The molecule has 5 heteroatoms. The topological polar surface area (TPSA) is 65.0 Å². The Balaban J connectivity index is 2.29. The summed E-state index contributed by atoms with van der Waals surface area (Å²) in [7, 11) is 3.19. The molecular weight excluding hydrogens is 248 g/mol. The van der Waals surface area contributed by atoms with E-state index in [1.165, 1.54) is 0 Å². The SMILES string of the molecule is COc1cc(OC)cc(C2(CCC(=O)O)COC2)c1. The highest BCUT2D eigenvalue weighted by molar-refractivity contribution is 5.67. The fourth-order valence-electron chi connectivity index (χ4n) is 2.26. The van der Waals surface area contributed by atoms with Gasteiger partial charge in [-0.25, -0.2) is 0 Å². The van der Waals surface area contributed by atoms with Crippen LogP contribution < -0.4 is 9.47 Å². The number of carboxylic acid groups (broad SMARTS) is 1. The van der Waals surface area contributed by atoms with E-state index in [-0.39, 0.29) is 11.8 Å². The summed E-state index contributed by atoms with van der Waals surface area (Å²) in [6.07, 6.45) is 0.682. The molecule has 19 heavy (non-hydrogen) atoms. The van der Waals surface area contributed by atoms with Gasteiger partial charge < -0.3 is 19.3 Å². The Morgan fingerprint density at radius 3 is 2.21 bits per heavy atom. The van der Waals surface area contributed by atoms with Gasteiger partial charge in [-0.3, -0.25) is 4.79 Å². The van der Waals surface area contributed by atoms with Gasteiger partial charge in [0.1, 0.15) is 11.5 Å². The van der Waals surface area contributed by atoms with Crippen molar-refractivity contribution in [2.45, 2.75) is 18.3 Å². The predicted molar refractivity (Wildman–Crippen MR) is 68.9 cm³/mol. The first kappa shape index (κ1) is 13.7. The Kier molecular flexibility index (Phi) is 3.95. The minimum Gasteiger partial charge on any atom is -0.497 e. The van der Waals surface area contributed by atoms with Crippen molar-refractivity contribution in [2.75, 3.05) is 27.4 Å². The molecule has 1 aliphatic heterocycles. The highest BCUT2D eigenvalue weighted by Crippen LogP contribution is 2.40. The number of hydrogen-bond donors (Lipinski definition) is 1. The molecule has 0 bridgehead atoms. The molecule has 0 aromatic heterocycles. The minimum absolute atomic E-state index is 0.128. The molecule has 104 valence electrons. The number of methoxy groups -OCH3 is 2. The van der Waals surface area contributed by atoms with Crippen LogP contribution in [0.4, 0.5) is 0 Å². The van der Waals surface area contributed by atoms with E-state index in [2.05, 4.69) is 0 Å². The van der Waals surface area contributed by atoms with E-state index in [0.717, 1.165) is 5.56 Å². The summed E-state index contributed by atoms with van der Waals surface area (Å²) < 4.78 is 15.8. The standard InChI is InChI=1S/C14H18O5/c1-17-11-5-10(6-12(7-11)18-2)14(8-19-9-14)4-3-13(15)16/h5-7H,3-4,8-9H2,1-2H3,(H,15,16). The van der Waals surface area contributed by atoms with Crippen LogP contribution in [0.3, 0.4) is 0 Å². The lowest BCUT2D eigenvalue weighted by Gasteiger charge is -2.42. The van der Waals surface area contributed by atoms with Gasteiger partial charge in [-0.15, -0.1) is 0 Å². The van der Waals surface area contributed by atoms with Gasteiger partial charge in [-0.05, 0) is 24.1 Å². The summed E-state index contributed by atoms with van der Waals surface area (Å²) in [5.74, 6) is 0.619. The Morgan fingerprint density at radius 2 is 1.84 bits per heavy atom. The Bertz CT molecular complexity index is 443. The Hall–Kier alpha value is -1.75. The first-order valence-corrected chi connectivity index (χ1v) is 6.13. The van der Waals surface area contributed by atoms with Crippen LogP contribution in [0.25, 0.3) is 0 Å². The zero-order valence-corrected chi connectivity index (χ0v) is 11.1. The molecule has 0 unspecified atom stereocenters. The zero-order chi connectivity index (χ0) is 13.9. The van der Waals surface area contributed by atoms with E-state index in [1.807, 2.05) is 12.1 Å². The molecular formula is C14H18O5. The fraction of sp³-hybridized carbons (Fsp3) is 0.500. The molecule has 0 spiro atoms. The summed E-state index contributed by atoms with van der Waals surface area (Å²) in [6, 6.07) is 5.65. The van der Waals surface area contributed by atoms with Crippen LogP contribution in [-0.2, 0) is 14.9 Å². The zero-order valence-electron chi connectivity index (χ0n) is 11.1. The maximum Gasteiger partial charge on any atom is 0.303 e. The smallest absolute Gasteiger partial charge is 0.303 e. The Morgan fingerprint density at radius 1 is 1.26 bits per heavy atom. The lowest BCUT2D eigenvalue weighted by molar-refractivity contribution is -0.139. The second kappa shape index (κ2) is 5.48. The van der Waals surface area contributed by atoms with Gasteiger partial charge in [0.2, 0.25) is 0 Å². The number of benzene rings is 1. The molecule has 1 aliphatic rings. The molecule has 1 heterocycles. The summed E-state index contributed by atoms with van der Waals surface area (Å²) in [4.78, 5) is 10.8. The minimum atomic E-state index is -0.791. The van der Waals surface area contributed by atoms with Gasteiger partial charge in [-0.2, -0.15) is 0 Å². The van der Waals surface area contributed by atoms with Crippen LogP contribution in [-0.4, -0.2) is 38.5 Å². The number of rotatable bonds is 6. The average Bonchev–Trinajstić information content (AvgIpc) is 2.36. The van der Waals surface area contributed by atoms with Crippen molar-refractivity contribution in [3.05, 3.63) is 23.8 Å². The maximum atomic E-state index is 10.8. The van der Waals surface area contributed by atoms with Gasteiger partial charge in [-0.1, -0.05) is 0 Å². The second-order valence-corrected chi connectivity index (χ2v) is 4.77. The van der Waals surface area contributed by atoms with E-state index < -0.39 is 5.97 Å². The molecule has 0 aliphatic carbocycles. The first-order chi connectivity index (χ1) is 9.09. The predicted octanol–water partition coefficient (Wildman–Crippen LogP) is 1.84. The number of carboxylic acids is 1. The van der Waals surface area contributed by atoms with Crippen LogP contribution in [0.5, 0.6) is 11.5 Å². The van der Waals surface area contributed by atoms with E-state index in [9.17, 15) is 4.79 Å². The molecule has 0 atom stereocenters. The van der Waals surface area contributed by atoms with Crippen molar-refractivity contribution < 1.29 is 24.1 Å². The average molecular weight is 266 g/mol.